The zero-order chi connectivity index (χ0) is 62.3. The molecule has 3 heterocycles. The van der Waals surface area contributed by atoms with Gasteiger partial charge in [0.1, 0.15) is 24.4 Å². The lowest BCUT2D eigenvalue weighted by Gasteiger charge is -2.29. The summed E-state index contributed by atoms with van der Waals surface area (Å²) in [5, 5.41) is 6.25. The normalized spacial score (nSPS) is 20.4. The third-order valence-corrected chi connectivity index (χ3v) is 18.4. The highest BCUT2D eigenvalue weighted by Gasteiger charge is 2.44. The number of unbranched alkanes of at least 4 members (excludes halogenated alkanes) is 12. The summed E-state index contributed by atoms with van der Waals surface area (Å²) in [6.45, 7) is 4.09. The summed E-state index contributed by atoms with van der Waals surface area (Å²) in [5.74, 6) is -1.51. The minimum Gasteiger partial charge on any atom is -0.460 e. The minimum atomic E-state index is -0.967. The van der Waals surface area contributed by atoms with E-state index in [-0.39, 0.29) is 36.5 Å². The molecule has 3 aliphatic rings. The molecule has 0 amide bonds. The summed E-state index contributed by atoms with van der Waals surface area (Å²) >= 11 is 0. The molecule has 2 saturated heterocycles. The van der Waals surface area contributed by atoms with Crippen LogP contribution in [0.2, 0.25) is 0 Å². The Balaban J connectivity index is 0.843. The fourth-order valence-corrected chi connectivity index (χ4v) is 13.5. The van der Waals surface area contributed by atoms with Gasteiger partial charge in [0.25, 0.3) is 0 Å². The van der Waals surface area contributed by atoms with Gasteiger partial charge in [-0.1, -0.05) is 187 Å². The van der Waals surface area contributed by atoms with Gasteiger partial charge in [-0.05, 0) is 164 Å². The Labute approximate surface area is 527 Å². The molecule has 0 saturated carbocycles. The van der Waals surface area contributed by atoms with Crippen molar-refractivity contribution in [2.45, 2.75) is 235 Å². The van der Waals surface area contributed by atoms with Gasteiger partial charge >= 0.3 is 23.9 Å². The monoisotopic (exact) mass is 1220 g/mol. The summed E-state index contributed by atoms with van der Waals surface area (Å²) in [5.41, 5.74) is 3.00. The quantitative estimate of drug-likeness (QED) is 0.0207. The molecule has 0 radical (unpaired) electrons. The van der Waals surface area contributed by atoms with Crippen molar-refractivity contribution in [2.75, 3.05) is 21.3 Å². The van der Waals surface area contributed by atoms with Crippen molar-refractivity contribution in [3.05, 3.63) is 156 Å². The summed E-state index contributed by atoms with van der Waals surface area (Å²) < 4.78 is 56.3. The van der Waals surface area contributed by atoms with E-state index in [9.17, 15) is 19.2 Å². The van der Waals surface area contributed by atoms with E-state index in [1.165, 1.54) is 32.8 Å². The van der Waals surface area contributed by atoms with E-state index in [4.69, 9.17) is 42.6 Å². The average molecular weight is 1220 g/mol. The number of hydrogen-bond acceptors (Lipinski definition) is 13. The smallest absolute Gasteiger partial charge is 0.340 e. The third-order valence-electron chi connectivity index (χ3n) is 18.4. The average Bonchev–Trinajstić information content (AvgIpc) is 2.48. The Kier molecular flexibility index (Phi) is 26.0. The number of esters is 4. The number of cyclic esters (lactones) is 1. The molecule has 13 heteroatoms. The molecule has 11 atom stereocenters. The molecule has 0 spiro atoms. The van der Waals surface area contributed by atoms with E-state index in [2.05, 4.69) is 13.0 Å². The maximum absolute atomic E-state index is 14.5. The zero-order valence-electron chi connectivity index (χ0n) is 53.3. The highest BCUT2D eigenvalue weighted by Crippen LogP contribution is 2.38. The van der Waals surface area contributed by atoms with Gasteiger partial charge in [-0.15, -0.1) is 0 Å². The van der Waals surface area contributed by atoms with Gasteiger partial charge in [-0.25, -0.2) is 19.2 Å². The number of carbonyl (C=O) groups is 4. The van der Waals surface area contributed by atoms with Gasteiger partial charge in [0, 0.05) is 26.9 Å². The largest absolute Gasteiger partial charge is 0.460 e. The first-order chi connectivity index (χ1) is 43.5. The lowest BCUT2D eigenvalue weighted by atomic mass is 9.98. The highest BCUT2D eigenvalue weighted by atomic mass is 16.6. The van der Waals surface area contributed by atoms with Gasteiger partial charge < -0.3 is 42.6 Å². The molecule has 0 bridgehead atoms. The molecule has 0 aliphatic carbocycles. The van der Waals surface area contributed by atoms with Crippen LogP contribution in [0.15, 0.2) is 139 Å². The maximum atomic E-state index is 14.5. The van der Waals surface area contributed by atoms with Crippen LogP contribution < -0.4 is 0 Å². The molecule has 2 fully saturated rings. The first-order valence-corrected chi connectivity index (χ1v) is 33.4. The highest BCUT2D eigenvalue weighted by molar-refractivity contribution is 5.91. The molecular formula is C76H96O13. The first kappa shape index (κ1) is 66.9. The second kappa shape index (κ2) is 34.6. The molecule has 0 N–H and O–H groups in total. The van der Waals surface area contributed by atoms with E-state index in [0.717, 1.165) is 126 Å². The van der Waals surface area contributed by atoms with E-state index in [1.54, 1.807) is 14.2 Å². The number of methoxy groups -OCH3 is 3. The van der Waals surface area contributed by atoms with E-state index >= 15 is 0 Å². The van der Waals surface area contributed by atoms with Gasteiger partial charge in [0.2, 0.25) is 0 Å². The lowest BCUT2D eigenvalue weighted by molar-refractivity contribution is -0.177. The van der Waals surface area contributed by atoms with Crippen LogP contribution in [0.1, 0.15) is 203 Å². The second-order valence-corrected chi connectivity index (χ2v) is 24.9. The lowest BCUT2D eigenvalue weighted by Crippen LogP contribution is -2.37. The number of carbonyl (C=O) groups excluding carboxylic acids is 4. The van der Waals surface area contributed by atoms with Crippen LogP contribution >= 0.6 is 0 Å². The van der Waals surface area contributed by atoms with E-state index in [0.29, 0.717) is 56.9 Å². The number of ether oxygens (including phenoxy) is 9. The third kappa shape index (κ3) is 19.0. The molecular weight excluding hydrogens is 1120 g/mol. The van der Waals surface area contributed by atoms with Gasteiger partial charge in [0.05, 0.1) is 24.4 Å². The Hall–Kier alpha value is -6.48. The molecule has 0 unspecified atom stereocenters. The predicted molar refractivity (Wildman–Crippen MR) is 348 cm³/mol. The van der Waals surface area contributed by atoms with Crippen LogP contribution in [0.5, 0.6) is 0 Å². The van der Waals surface area contributed by atoms with E-state index < -0.39 is 54.5 Å². The van der Waals surface area contributed by atoms with Crippen LogP contribution in [0.3, 0.4) is 0 Å². The number of fused-ring (bicyclic) bond motifs is 3. The predicted octanol–water partition coefficient (Wildman–Crippen LogP) is 17.1. The van der Waals surface area contributed by atoms with Crippen LogP contribution in [-0.4, -0.2) is 94.0 Å². The Morgan fingerprint density at radius 1 is 0.449 bits per heavy atom. The topological polar surface area (TPSA) is 151 Å². The first-order valence-electron chi connectivity index (χ1n) is 33.4. The van der Waals surface area contributed by atoms with Crippen LogP contribution in [0, 0.1) is 0 Å². The zero-order valence-corrected chi connectivity index (χ0v) is 53.3. The molecule has 6 aromatic rings. The van der Waals surface area contributed by atoms with Gasteiger partial charge in [-0.2, -0.15) is 0 Å². The van der Waals surface area contributed by atoms with Crippen molar-refractivity contribution in [3.63, 3.8) is 0 Å². The van der Waals surface area contributed by atoms with Crippen molar-refractivity contribution >= 4 is 56.2 Å². The Bertz CT molecular complexity index is 3240. The number of benzene rings is 6. The summed E-state index contributed by atoms with van der Waals surface area (Å²) in [6.07, 6.45) is 18.0. The van der Waals surface area contributed by atoms with Crippen molar-refractivity contribution < 1.29 is 61.8 Å². The molecule has 478 valence electrons. The fraction of sp³-hybridized carbons (Fsp3) is 0.526. The Morgan fingerprint density at radius 2 is 0.831 bits per heavy atom. The molecule has 89 heavy (non-hydrogen) atoms. The Morgan fingerprint density at radius 3 is 1.26 bits per heavy atom. The SMILES string of the molecule is CCCCCC[C@@H](CCC[C@H](OC(=O)[C@@H](OC)c1ccc2ccccc2c1)[C@H]1CC[C@H]([C@H]2CC[C@H]([C@@H](CCCCCCCCCCCCC3=C[C@H](C)OC3=O)OC(=O)[C@@H](OC)c3ccc4ccccc4c3)O2)O1)OC(=O)[C@@H](OC)c1ccc2ccccc2c1. The van der Waals surface area contributed by atoms with Crippen molar-refractivity contribution in [1.82, 2.24) is 0 Å². The van der Waals surface area contributed by atoms with E-state index in [1.807, 2.05) is 134 Å². The standard InChI is InChI=1S/C76H96O13/c1-6-7-8-18-34-63(85-74(78)70(81-3)59-41-38-53-27-20-23-30-56(53)49-59)35-26-37-65(89-76(80)72(83-5)61-43-40-55-29-22-25-32-58(55)51-61)67-45-47-69(87-67)68-46-44-66(86-68)64(88-75(79)71(82-4)60-42-39-54-28-21-24-31-57(54)50-60)36-19-16-14-12-10-9-11-13-15-17-33-62-48-52(2)84-73(62)77/h20-25,27-32,38-43,48-52,63-72H,6-19,26,33-37,44-47H2,1-5H3/t52-,63-,64+,65-,66+,67+,68+,69+,70-,71-,72-/m0/s1. The maximum Gasteiger partial charge on any atom is 0.340 e. The van der Waals surface area contributed by atoms with Gasteiger partial charge in [-0.3, -0.25) is 0 Å². The van der Waals surface area contributed by atoms with Crippen LogP contribution in [0.25, 0.3) is 32.3 Å². The fourth-order valence-electron chi connectivity index (χ4n) is 13.5. The minimum absolute atomic E-state index is 0.105. The van der Waals surface area contributed by atoms with Crippen molar-refractivity contribution in [3.8, 4) is 0 Å². The molecule has 6 aromatic carbocycles. The van der Waals surface area contributed by atoms with Crippen molar-refractivity contribution in [1.29, 1.82) is 0 Å². The molecule has 13 nitrogen and oxygen atoms in total. The second-order valence-electron chi connectivity index (χ2n) is 24.9. The summed E-state index contributed by atoms with van der Waals surface area (Å²) in [6, 6.07) is 41.9. The van der Waals surface area contributed by atoms with Gasteiger partial charge in [0.15, 0.2) is 18.3 Å². The van der Waals surface area contributed by atoms with Crippen molar-refractivity contribution in [2.24, 2.45) is 0 Å². The molecule has 3 aliphatic heterocycles. The summed E-state index contributed by atoms with van der Waals surface area (Å²) in [4.78, 5) is 54.9. The van der Waals surface area contributed by atoms with Crippen LogP contribution in [-0.2, 0) is 61.8 Å². The number of rotatable bonds is 37. The summed E-state index contributed by atoms with van der Waals surface area (Å²) in [7, 11) is 4.62. The number of hydrogen-bond donors (Lipinski definition) is 0. The molecule has 9 rings (SSSR count). The van der Waals surface area contributed by atoms with Crippen LogP contribution in [0.4, 0.5) is 0 Å². The molecule has 0 aromatic heterocycles.